The molecule has 6 nitrogen and oxygen atoms in total. The molecule has 0 bridgehead atoms. The number of hydrogen-bond donors (Lipinski definition) is 1. The van der Waals surface area contributed by atoms with Gasteiger partial charge in [0.25, 0.3) is 5.91 Å². The lowest BCUT2D eigenvalue weighted by molar-refractivity contribution is -0.127. The van der Waals surface area contributed by atoms with Gasteiger partial charge in [-0.15, -0.1) is 0 Å². The number of amides is 2. The Kier molecular flexibility index (Phi) is 7.57. The van der Waals surface area contributed by atoms with Crippen molar-refractivity contribution in [3.05, 3.63) is 46.4 Å². The molecular weight excluding hydrogens is 451 g/mol. The van der Waals surface area contributed by atoms with Crippen LogP contribution in [0.4, 0.5) is 11.4 Å². The van der Waals surface area contributed by atoms with Crippen LogP contribution < -0.4 is 19.7 Å². The minimum absolute atomic E-state index is 0.00101. The number of fused-ring (bicyclic) bond motifs is 1. The minimum Gasteiger partial charge on any atom is -0.490 e. The van der Waals surface area contributed by atoms with Crippen molar-refractivity contribution in [3.63, 3.8) is 0 Å². The van der Waals surface area contributed by atoms with Gasteiger partial charge in [0.2, 0.25) is 5.91 Å². The van der Waals surface area contributed by atoms with Crippen LogP contribution >= 0.6 is 23.2 Å². The van der Waals surface area contributed by atoms with E-state index in [2.05, 4.69) is 19.2 Å². The molecule has 0 atom stereocenters. The molecule has 1 heterocycles. The third-order valence-electron chi connectivity index (χ3n) is 5.13. The Bertz CT molecular complexity index is 1010. The van der Waals surface area contributed by atoms with Crippen molar-refractivity contribution in [1.29, 1.82) is 0 Å². The molecule has 0 saturated carbocycles. The summed E-state index contributed by atoms with van der Waals surface area (Å²) in [6.07, 6.45) is 0.855. The summed E-state index contributed by atoms with van der Waals surface area (Å²) in [6.45, 7) is 8.64. The Hall–Kier alpha value is -2.44. The number of rotatable bonds is 7. The zero-order valence-corrected chi connectivity index (χ0v) is 20.2. The lowest BCUT2D eigenvalue weighted by atomic mass is 9.92. The molecule has 3 rings (SSSR count). The molecule has 2 amide bonds. The van der Waals surface area contributed by atoms with E-state index < -0.39 is 5.41 Å². The van der Waals surface area contributed by atoms with Crippen molar-refractivity contribution < 1.29 is 19.1 Å². The van der Waals surface area contributed by atoms with Gasteiger partial charge in [-0.1, -0.05) is 37.0 Å². The molecule has 0 radical (unpaired) electrons. The molecular formula is C24H28Cl2N2O4. The summed E-state index contributed by atoms with van der Waals surface area (Å²) < 4.78 is 11.4. The minimum atomic E-state index is -0.648. The fourth-order valence-corrected chi connectivity index (χ4v) is 3.73. The number of nitrogens with one attached hydrogen (secondary N) is 1. The Balaban J connectivity index is 1.76. The average molecular weight is 479 g/mol. The average Bonchev–Trinajstić information content (AvgIpc) is 2.80. The summed E-state index contributed by atoms with van der Waals surface area (Å²) >= 11 is 12.0. The van der Waals surface area contributed by atoms with Crippen molar-refractivity contribution in [2.45, 2.75) is 34.1 Å². The van der Waals surface area contributed by atoms with Crippen molar-refractivity contribution >= 4 is 46.4 Å². The molecule has 0 aliphatic carbocycles. The first-order valence-electron chi connectivity index (χ1n) is 10.5. The number of benzene rings is 2. The van der Waals surface area contributed by atoms with Crippen LogP contribution in [0.25, 0.3) is 0 Å². The van der Waals surface area contributed by atoms with E-state index in [1.807, 2.05) is 13.8 Å². The number of hydrogen-bond acceptors (Lipinski definition) is 4. The zero-order chi connectivity index (χ0) is 23.5. The van der Waals surface area contributed by atoms with Gasteiger partial charge in [0, 0.05) is 17.3 Å². The molecule has 0 unspecified atom stereocenters. The van der Waals surface area contributed by atoms with Crippen LogP contribution in [0, 0.1) is 11.3 Å². The summed E-state index contributed by atoms with van der Waals surface area (Å²) in [6, 6.07) is 10.1. The highest BCUT2D eigenvalue weighted by Gasteiger charge is 2.37. The first-order valence-corrected chi connectivity index (χ1v) is 11.3. The first kappa shape index (κ1) is 24.2. The second kappa shape index (κ2) is 10.0. The largest absolute Gasteiger partial charge is 0.490 e. The number of carbonyl (C=O) groups is 2. The van der Waals surface area contributed by atoms with Gasteiger partial charge in [0.05, 0.1) is 16.1 Å². The van der Waals surface area contributed by atoms with Gasteiger partial charge in [0.15, 0.2) is 6.61 Å². The van der Waals surface area contributed by atoms with Crippen molar-refractivity contribution in [2.75, 3.05) is 30.0 Å². The zero-order valence-electron chi connectivity index (χ0n) is 18.7. The van der Waals surface area contributed by atoms with Gasteiger partial charge in [0.1, 0.15) is 18.1 Å². The standard InChI is InChI=1S/C24H28Cl2N2O4/c1-15(2)9-10-28-19-12-17(6-8-21(19)32-14-24(3,4)23(28)30)27-22(29)13-31-20-7-5-16(25)11-18(20)26/h5-8,11-12,15H,9-10,13-14H2,1-4H3,(H,27,29). The number of ether oxygens (including phenoxy) is 2. The predicted octanol–water partition coefficient (Wildman–Crippen LogP) is 5.81. The predicted molar refractivity (Wildman–Crippen MR) is 128 cm³/mol. The maximum Gasteiger partial charge on any atom is 0.262 e. The second-order valence-corrected chi connectivity index (χ2v) is 9.75. The van der Waals surface area contributed by atoms with Crippen molar-refractivity contribution in [3.8, 4) is 11.5 Å². The van der Waals surface area contributed by atoms with E-state index in [0.717, 1.165) is 6.42 Å². The van der Waals surface area contributed by atoms with Gasteiger partial charge >= 0.3 is 0 Å². The SMILES string of the molecule is CC(C)CCN1C(=O)C(C)(C)COc2ccc(NC(=O)COc3ccc(Cl)cc3Cl)cc21. The highest BCUT2D eigenvalue weighted by atomic mass is 35.5. The van der Waals surface area contributed by atoms with E-state index in [0.29, 0.717) is 52.0 Å². The molecule has 1 aliphatic rings. The fraction of sp³-hybridized carbons (Fsp3) is 0.417. The molecule has 32 heavy (non-hydrogen) atoms. The highest BCUT2D eigenvalue weighted by Crippen LogP contribution is 2.38. The Morgan fingerprint density at radius 2 is 1.97 bits per heavy atom. The van der Waals surface area contributed by atoms with E-state index in [-0.39, 0.29) is 18.4 Å². The molecule has 0 spiro atoms. The molecule has 1 N–H and O–H groups in total. The molecule has 0 saturated heterocycles. The van der Waals surface area contributed by atoms with Crippen LogP contribution in [0.2, 0.25) is 10.0 Å². The molecule has 1 aliphatic heterocycles. The van der Waals surface area contributed by atoms with Crippen LogP contribution in [-0.4, -0.2) is 31.6 Å². The smallest absolute Gasteiger partial charge is 0.262 e. The lowest BCUT2D eigenvalue weighted by Crippen LogP contribution is -2.42. The Morgan fingerprint density at radius 3 is 2.66 bits per heavy atom. The van der Waals surface area contributed by atoms with Gasteiger partial charge in [-0.3, -0.25) is 9.59 Å². The molecule has 8 heteroatoms. The van der Waals surface area contributed by atoms with Crippen molar-refractivity contribution in [2.24, 2.45) is 11.3 Å². The number of carbonyl (C=O) groups excluding carboxylic acids is 2. The topological polar surface area (TPSA) is 67.9 Å². The summed E-state index contributed by atoms with van der Waals surface area (Å²) in [7, 11) is 0. The molecule has 2 aromatic carbocycles. The normalized spacial score (nSPS) is 15.1. The molecule has 2 aromatic rings. The van der Waals surface area contributed by atoms with Crippen LogP contribution in [0.3, 0.4) is 0 Å². The summed E-state index contributed by atoms with van der Waals surface area (Å²) in [5.41, 5.74) is 0.552. The van der Waals surface area contributed by atoms with Crippen LogP contribution in [0.5, 0.6) is 11.5 Å². The third kappa shape index (κ3) is 5.87. The van der Waals surface area contributed by atoms with E-state index in [9.17, 15) is 9.59 Å². The van der Waals surface area contributed by atoms with Crippen LogP contribution in [0.1, 0.15) is 34.1 Å². The van der Waals surface area contributed by atoms with Gasteiger partial charge in [-0.2, -0.15) is 0 Å². The molecule has 172 valence electrons. The maximum absolute atomic E-state index is 13.2. The van der Waals surface area contributed by atoms with E-state index in [4.69, 9.17) is 32.7 Å². The molecule has 0 fully saturated rings. The number of anilines is 2. The fourth-order valence-electron chi connectivity index (χ4n) is 3.26. The lowest BCUT2D eigenvalue weighted by Gasteiger charge is -2.28. The van der Waals surface area contributed by atoms with Gasteiger partial charge in [-0.25, -0.2) is 0 Å². The second-order valence-electron chi connectivity index (χ2n) is 8.91. The molecule has 0 aromatic heterocycles. The van der Waals surface area contributed by atoms with Crippen LogP contribution in [-0.2, 0) is 9.59 Å². The quantitative estimate of drug-likeness (QED) is 0.545. The maximum atomic E-state index is 13.2. The number of nitrogens with zero attached hydrogens (tertiary/aromatic N) is 1. The van der Waals surface area contributed by atoms with E-state index in [1.165, 1.54) is 0 Å². The summed E-state index contributed by atoms with van der Waals surface area (Å²) in [5.74, 6) is 1.08. The van der Waals surface area contributed by atoms with E-state index in [1.54, 1.807) is 41.3 Å². The monoisotopic (exact) mass is 478 g/mol. The Labute approximate surface area is 198 Å². The third-order valence-corrected chi connectivity index (χ3v) is 5.66. The highest BCUT2D eigenvalue weighted by molar-refractivity contribution is 6.35. The Morgan fingerprint density at radius 1 is 1.22 bits per heavy atom. The van der Waals surface area contributed by atoms with Gasteiger partial charge in [-0.05, 0) is 62.6 Å². The van der Waals surface area contributed by atoms with Crippen molar-refractivity contribution in [1.82, 2.24) is 0 Å². The summed E-state index contributed by atoms with van der Waals surface area (Å²) in [4.78, 5) is 27.4. The van der Waals surface area contributed by atoms with Crippen LogP contribution in [0.15, 0.2) is 36.4 Å². The summed E-state index contributed by atoms with van der Waals surface area (Å²) in [5, 5.41) is 3.62. The van der Waals surface area contributed by atoms with E-state index >= 15 is 0 Å². The first-order chi connectivity index (χ1) is 15.1. The number of halogens is 2. The van der Waals surface area contributed by atoms with Gasteiger partial charge < -0.3 is 19.7 Å².